The highest BCUT2D eigenvalue weighted by Gasteiger charge is 2.31. The number of benzene rings is 1. The van der Waals surface area contributed by atoms with Crippen molar-refractivity contribution < 1.29 is 9.59 Å². The molecule has 0 spiro atoms. The van der Waals surface area contributed by atoms with E-state index in [0.29, 0.717) is 13.1 Å². The molecule has 1 fully saturated rings. The SMILES string of the molecule is CC[C@H](C)N(CC(=O)N(Cc1ccccc1)Cc1cccs1)C(=O)C1CCCCC1. The molecule has 0 radical (unpaired) electrons. The maximum Gasteiger partial charge on any atom is 0.242 e. The van der Waals surface area contributed by atoms with Gasteiger partial charge < -0.3 is 9.80 Å². The molecule has 1 atom stereocenters. The van der Waals surface area contributed by atoms with Gasteiger partial charge in [0.2, 0.25) is 11.8 Å². The quantitative estimate of drug-likeness (QED) is 0.532. The Morgan fingerprint density at radius 3 is 2.40 bits per heavy atom. The van der Waals surface area contributed by atoms with E-state index in [4.69, 9.17) is 0 Å². The van der Waals surface area contributed by atoms with Gasteiger partial charge in [-0.3, -0.25) is 9.59 Å². The first kappa shape index (κ1) is 22.5. The van der Waals surface area contributed by atoms with Crippen LogP contribution in [0.5, 0.6) is 0 Å². The summed E-state index contributed by atoms with van der Waals surface area (Å²) in [6.45, 7) is 5.46. The zero-order valence-corrected chi connectivity index (χ0v) is 19.1. The molecule has 0 bridgehead atoms. The third kappa shape index (κ3) is 6.18. The molecule has 1 aliphatic carbocycles. The number of carbonyl (C=O) groups is 2. The minimum atomic E-state index is 0.0247. The van der Waals surface area contributed by atoms with Gasteiger partial charge in [-0.05, 0) is 43.2 Å². The third-order valence-corrected chi connectivity index (χ3v) is 7.02. The summed E-state index contributed by atoms with van der Waals surface area (Å²) < 4.78 is 0. The zero-order chi connectivity index (χ0) is 21.3. The lowest BCUT2D eigenvalue weighted by molar-refractivity contribution is -0.146. The van der Waals surface area contributed by atoms with Crippen LogP contribution < -0.4 is 0 Å². The molecule has 1 aliphatic rings. The average Bonchev–Trinajstić information content (AvgIpc) is 3.30. The van der Waals surface area contributed by atoms with Crippen LogP contribution in [0.15, 0.2) is 47.8 Å². The summed E-state index contributed by atoms with van der Waals surface area (Å²) in [6.07, 6.45) is 6.24. The summed E-state index contributed by atoms with van der Waals surface area (Å²) >= 11 is 1.66. The molecule has 1 saturated carbocycles. The minimum absolute atomic E-state index is 0.0247. The Morgan fingerprint density at radius 2 is 1.77 bits per heavy atom. The highest BCUT2D eigenvalue weighted by Crippen LogP contribution is 2.27. The van der Waals surface area contributed by atoms with E-state index in [1.165, 1.54) is 6.42 Å². The van der Waals surface area contributed by atoms with Crippen molar-refractivity contribution >= 4 is 23.2 Å². The minimum Gasteiger partial charge on any atom is -0.332 e. The molecule has 30 heavy (non-hydrogen) atoms. The van der Waals surface area contributed by atoms with Gasteiger partial charge in [-0.25, -0.2) is 0 Å². The lowest BCUT2D eigenvalue weighted by atomic mass is 9.88. The number of thiophene rings is 1. The van der Waals surface area contributed by atoms with Crippen molar-refractivity contribution in [1.29, 1.82) is 0 Å². The predicted octanol–water partition coefficient (Wildman–Crippen LogP) is 5.48. The summed E-state index contributed by atoms with van der Waals surface area (Å²) in [6, 6.07) is 14.2. The van der Waals surface area contributed by atoms with Gasteiger partial charge >= 0.3 is 0 Å². The third-order valence-electron chi connectivity index (χ3n) is 6.16. The van der Waals surface area contributed by atoms with Gasteiger partial charge in [0, 0.05) is 23.4 Å². The summed E-state index contributed by atoms with van der Waals surface area (Å²) in [5.41, 5.74) is 1.11. The fourth-order valence-electron chi connectivity index (χ4n) is 4.13. The maximum atomic E-state index is 13.4. The molecule has 0 unspecified atom stereocenters. The molecule has 162 valence electrons. The molecule has 1 aromatic heterocycles. The van der Waals surface area contributed by atoms with E-state index in [0.717, 1.165) is 42.5 Å². The van der Waals surface area contributed by atoms with Crippen LogP contribution in [-0.2, 0) is 22.7 Å². The summed E-state index contributed by atoms with van der Waals surface area (Å²) in [7, 11) is 0. The van der Waals surface area contributed by atoms with Crippen LogP contribution in [0.1, 0.15) is 62.8 Å². The molecule has 3 rings (SSSR count). The summed E-state index contributed by atoms with van der Waals surface area (Å²) in [5, 5.41) is 2.04. The number of nitrogens with zero attached hydrogens (tertiary/aromatic N) is 2. The van der Waals surface area contributed by atoms with Crippen LogP contribution in [-0.4, -0.2) is 34.2 Å². The van der Waals surface area contributed by atoms with E-state index < -0.39 is 0 Å². The maximum absolute atomic E-state index is 13.4. The van der Waals surface area contributed by atoms with E-state index in [9.17, 15) is 9.59 Å². The van der Waals surface area contributed by atoms with Gasteiger partial charge in [-0.15, -0.1) is 11.3 Å². The van der Waals surface area contributed by atoms with Gasteiger partial charge in [0.1, 0.15) is 6.54 Å². The van der Waals surface area contributed by atoms with Crippen LogP contribution >= 0.6 is 11.3 Å². The van der Waals surface area contributed by atoms with E-state index in [1.54, 1.807) is 11.3 Å². The Labute approximate surface area is 184 Å². The molecular weight excluding hydrogens is 392 g/mol. The number of hydrogen-bond acceptors (Lipinski definition) is 3. The van der Waals surface area contributed by atoms with E-state index >= 15 is 0 Å². The molecule has 5 heteroatoms. The molecule has 0 aliphatic heterocycles. The fraction of sp³-hybridized carbons (Fsp3) is 0.520. The van der Waals surface area contributed by atoms with Crippen molar-refractivity contribution in [3.63, 3.8) is 0 Å². The molecule has 0 N–H and O–H groups in total. The van der Waals surface area contributed by atoms with Crippen molar-refractivity contribution in [3.8, 4) is 0 Å². The zero-order valence-electron chi connectivity index (χ0n) is 18.3. The van der Waals surface area contributed by atoms with Gasteiger partial charge in [0.25, 0.3) is 0 Å². The van der Waals surface area contributed by atoms with Crippen LogP contribution in [0.4, 0.5) is 0 Å². The lowest BCUT2D eigenvalue weighted by Crippen LogP contribution is -2.48. The van der Waals surface area contributed by atoms with Crippen molar-refractivity contribution in [2.45, 2.75) is 71.5 Å². The van der Waals surface area contributed by atoms with Crippen molar-refractivity contribution in [2.24, 2.45) is 5.92 Å². The van der Waals surface area contributed by atoms with Gasteiger partial charge in [0.05, 0.1) is 6.54 Å². The van der Waals surface area contributed by atoms with Crippen LogP contribution in [0, 0.1) is 5.92 Å². The molecule has 1 aromatic carbocycles. The second kappa shape index (κ2) is 11.3. The Kier molecular flexibility index (Phi) is 8.50. The standard InChI is InChI=1S/C25H34N2O2S/c1-3-20(2)27(25(29)22-13-8-5-9-14-22)19-24(28)26(18-23-15-10-16-30-23)17-21-11-6-4-7-12-21/h4,6-7,10-12,15-16,20,22H,3,5,8-9,13-14,17-19H2,1-2H3/t20-/m0/s1. The molecule has 2 amide bonds. The predicted molar refractivity (Wildman–Crippen MR) is 123 cm³/mol. The first-order chi connectivity index (χ1) is 14.6. The lowest BCUT2D eigenvalue weighted by Gasteiger charge is -2.34. The molecule has 4 nitrogen and oxygen atoms in total. The van der Waals surface area contributed by atoms with Gasteiger partial charge in [-0.2, -0.15) is 0 Å². The monoisotopic (exact) mass is 426 g/mol. The highest BCUT2D eigenvalue weighted by atomic mass is 32.1. The smallest absolute Gasteiger partial charge is 0.242 e. The Hall–Kier alpha value is -2.14. The number of rotatable bonds is 9. The second-order valence-corrected chi connectivity index (χ2v) is 9.41. The first-order valence-electron chi connectivity index (χ1n) is 11.2. The summed E-state index contributed by atoms with van der Waals surface area (Å²) in [5.74, 6) is 0.283. The number of hydrogen-bond donors (Lipinski definition) is 0. The van der Waals surface area contributed by atoms with Crippen LogP contribution in [0.25, 0.3) is 0 Å². The van der Waals surface area contributed by atoms with Gasteiger partial charge in [-0.1, -0.05) is 62.6 Å². The molecule has 2 aromatic rings. The van der Waals surface area contributed by atoms with Crippen LogP contribution in [0.2, 0.25) is 0 Å². The largest absolute Gasteiger partial charge is 0.332 e. The normalized spacial score (nSPS) is 15.5. The Balaban J connectivity index is 1.75. The Bertz CT molecular complexity index is 785. The highest BCUT2D eigenvalue weighted by molar-refractivity contribution is 7.09. The second-order valence-electron chi connectivity index (χ2n) is 8.37. The first-order valence-corrected chi connectivity index (χ1v) is 12.1. The van der Waals surface area contributed by atoms with Crippen molar-refractivity contribution in [1.82, 2.24) is 9.80 Å². The number of carbonyl (C=O) groups excluding carboxylic acids is 2. The Morgan fingerprint density at radius 1 is 1.03 bits per heavy atom. The van der Waals surface area contributed by atoms with Crippen molar-refractivity contribution in [2.75, 3.05) is 6.54 Å². The van der Waals surface area contributed by atoms with Crippen LogP contribution in [0.3, 0.4) is 0 Å². The molecular formula is C25H34N2O2S. The van der Waals surface area contributed by atoms with Gasteiger partial charge in [0.15, 0.2) is 0 Å². The summed E-state index contributed by atoms with van der Waals surface area (Å²) in [4.78, 5) is 31.6. The average molecular weight is 427 g/mol. The van der Waals surface area contributed by atoms with Crippen molar-refractivity contribution in [3.05, 3.63) is 58.3 Å². The van der Waals surface area contributed by atoms with E-state index in [-0.39, 0.29) is 30.3 Å². The number of amides is 2. The fourth-order valence-corrected chi connectivity index (χ4v) is 4.85. The topological polar surface area (TPSA) is 40.6 Å². The molecule has 0 saturated heterocycles. The molecule has 1 heterocycles. The van der Waals surface area contributed by atoms with E-state index in [2.05, 4.69) is 19.9 Å². The van der Waals surface area contributed by atoms with E-state index in [1.807, 2.05) is 51.6 Å².